The number of carbonyl (C=O) groups is 2. The number of benzene rings is 1. The molecule has 2 aliphatic heterocycles. The number of carbonyl (C=O) groups excluding carboxylic acids is 2. The van der Waals surface area contributed by atoms with Crippen LogP contribution in [0.25, 0.3) is 0 Å². The Kier molecular flexibility index (Phi) is 6.20. The first-order valence-corrected chi connectivity index (χ1v) is 9.94. The van der Waals surface area contributed by atoms with Crippen molar-refractivity contribution in [3.05, 3.63) is 28.8 Å². The van der Waals surface area contributed by atoms with E-state index in [1.165, 1.54) is 0 Å². The Morgan fingerprint density at radius 1 is 1.23 bits per heavy atom. The van der Waals surface area contributed by atoms with Crippen molar-refractivity contribution < 1.29 is 9.59 Å². The predicted molar refractivity (Wildman–Crippen MR) is 104 cm³/mol. The Balaban J connectivity index is 1.54. The minimum absolute atomic E-state index is 0.0112. The lowest BCUT2D eigenvalue weighted by atomic mass is 9.98. The number of anilines is 1. The van der Waals surface area contributed by atoms with Crippen LogP contribution in [0.15, 0.2) is 18.2 Å². The predicted octanol–water partition coefficient (Wildman–Crippen LogP) is 3.45. The number of nitrogens with one attached hydrogen (secondary N) is 1. The van der Waals surface area contributed by atoms with Gasteiger partial charge in [0.15, 0.2) is 0 Å². The van der Waals surface area contributed by atoms with Gasteiger partial charge < -0.3 is 10.2 Å². The zero-order chi connectivity index (χ0) is 18.7. The van der Waals surface area contributed by atoms with Gasteiger partial charge in [0.2, 0.25) is 11.8 Å². The number of likely N-dealkylation sites (tertiary alicyclic amines) is 2. The number of amides is 2. The van der Waals surface area contributed by atoms with Crippen LogP contribution in [0.5, 0.6) is 0 Å². The van der Waals surface area contributed by atoms with Crippen molar-refractivity contribution >= 4 is 29.1 Å². The Labute approximate surface area is 160 Å². The van der Waals surface area contributed by atoms with Crippen LogP contribution in [-0.4, -0.2) is 53.3 Å². The molecular weight excluding hydrogens is 350 g/mol. The van der Waals surface area contributed by atoms with Crippen LogP contribution < -0.4 is 5.32 Å². The van der Waals surface area contributed by atoms with Gasteiger partial charge >= 0.3 is 0 Å². The summed E-state index contributed by atoms with van der Waals surface area (Å²) < 4.78 is 0. The van der Waals surface area contributed by atoms with Crippen molar-refractivity contribution in [1.29, 1.82) is 0 Å². The Bertz CT molecular complexity index is 671. The van der Waals surface area contributed by atoms with Crippen LogP contribution in [0.2, 0.25) is 5.02 Å². The molecule has 0 radical (unpaired) electrons. The molecule has 26 heavy (non-hydrogen) atoms. The van der Waals surface area contributed by atoms with Crippen LogP contribution in [-0.2, 0) is 9.59 Å². The second-order valence-corrected chi connectivity index (χ2v) is 7.80. The highest BCUT2D eigenvalue weighted by atomic mass is 35.5. The highest BCUT2D eigenvalue weighted by Crippen LogP contribution is 2.25. The van der Waals surface area contributed by atoms with Gasteiger partial charge in [-0.2, -0.15) is 0 Å². The molecule has 1 N–H and O–H groups in total. The summed E-state index contributed by atoms with van der Waals surface area (Å²) in [7, 11) is 0. The van der Waals surface area contributed by atoms with Crippen LogP contribution in [0.4, 0.5) is 5.69 Å². The molecule has 0 aromatic heterocycles. The minimum Gasteiger partial charge on any atom is -0.340 e. The lowest BCUT2D eigenvalue weighted by molar-refractivity contribution is -0.137. The van der Waals surface area contributed by atoms with E-state index in [9.17, 15) is 9.59 Å². The van der Waals surface area contributed by atoms with Gasteiger partial charge in [-0.15, -0.1) is 0 Å². The topological polar surface area (TPSA) is 52.7 Å². The summed E-state index contributed by atoms with van der Waals surface area (Å²) in [6.07, 6.45) is 4.72. The molecule has 0 bridgehead atoms. The van der Waals surface area contributed by atoms with Crippen LogP contribution in [0, 0.1) is 6.92 Å². The van der Waals surface area contributed by atoms with E-state index < -0.39 is 0 Å². The number of hydrogen-bond donors (Lipinski definition) is 1. The zero-order valence-corrected chi connectivity index (χ0v) is 16.4. The summed E-state index contributed by atoms with van der Waals surface area (Å²) in [6.45, 7) is 6.44. The van der Waals surface area contributed by atoms with E-state index in [0.29, 0.717) is 23.4 Å². The van der Waals surface area contributed by atoms with Gasteiger partial charge in [-0.05, 0) is 57.2 Å². The fourth-order valence-electron chi connectivity index (χ4n) is 3.94. The first-order chi connectivity index (χ1) is 12.5. The summed E-state index contributed by atoms with van der Waals surface area (Å²) in [6, 6.07) is 5.68. The molecule has 3 rings (SSSR count). The molecule has 6 heteroatoms. The first kappa shape index (κ1) is 19.2. The van der Waals surface area contributed by atoms with Crippen molar-refractivity contribution in [2.24, 2.45) is 0 Å². The zero-order valence-electron chi connectivity index (χ0n) is 15.6. The molecule has 2 saturated heterocycles. The van der Waals surface area contributed by atoms with E-state index in [2.05, 4.69) is 15.1 Å². The van der Waals surface area contributed by atoms with Crippen molar-refractivity contribution in [3.63, 3.8) is 0 Å². The van der Waals surface area contributed by atoms with Gasteiger partial charge in [-0.1, -0.05) is 17.7 Å². The molecule has 1 aromatic carbocycles. The summed E-state index contributed by atoms with van der Waals surface area (Å²) in [4.78, 5) is 29.0. The van der Waals surface area contributed by atoms with Crippen molar-refractivity contribution in [3.8, 4) is 0 Å². The highest BCUT2D eigenvalue weighted by Gasteiger charge is 2.32. The molecule has 0 aliphatic carbocycles. The van der Waals surface area contributed by atoms with Gasteiger partial charge in [0.05, 0.1) is 6.04 Å². The lowest BCUT2D eigenvalue weighted by Crippen LogP contribution is -2.52. The SMILES string of the molecule is Cc1c(Cl)cccc1NC(=O)C(C)N1CCC(N2CCCCC2=O)CC1. The molecular formula is C20H28ClN3O2. The van der Waals surface area contributed by atoms with E-state index in [4.69, 9.17) is 11.6 Å². The van der Waals surface area contributed by atoms with E-state index in [1.54, 1.807) is 0 Å². The third kappa shape index (κ3) is 4.21. The van der Waals surface area contributed by atoms with Gasteiger partial charge in [0.1, 0.15) is 0 Å². The van der Waals surface area contributed by atoms with Crippen molar-refractivity contribution in [2.75, 3.05) is 25.0 Å². The lowest BCUT2D eigenvalue weighted by Gasteiger charge is -2.41. The molecule has 0 saturated carbocycles. The summed E-state index contributed by atoms with van der Waals surface area (Å²) in [5.41, 5.74) is 1.65. The molecule has 1 aromatic rings. The van der Waals surface area contributed by atoms with Crippen molar-refractivity contribution in [1.82, 2.24) is 9.80 Å². The Morgan fingerprint density at radius 2 is 1.96 bits per heavy atom. The second-order valence-electron chi connectivity index (χ2n) is 7.39. The van der Waals surface area contributed by atoms with Gasteiger partial charge in [-0.25, -0.2) is 0 Å². The normalized spacial score (nSPS) is 20.9. The third-order valence-electron chi connectivity index (χ3n) is 5.75. The van der Waals surface area contributed by atoms with E-state index >= 15 is 0 Å². The van der Waals surface area contributed by atoms with Crippen LogP contribution in [0.3, 0.4) is 0 Å². The standard InChI is InChI=1S/C20H28ClN3O2/c1-14-17(21)6-5-7-18(14)22-20(26)15(2)23-12-9-16(10-13-23)24-11-4-3-8-19(24)25/h5-7,15-16H,3-4,8-13H2,1-2H3,(H,22,26). The third-order valence-corrected chi connectivity index (χ3v) is 6.16. The Morgan fingerprint density at radius 3 is 2.65 bits per heavy atom. The number of rotatable bonds is 4. The van der Waals surface area contributed by atoms with E-state index in [0.717, 1.165) is 56.6 Å². The quantitative estimate of drug-likeness (QED) is 0.874. The fraction of sp³-hybridized carbons (Fsp3) is 0.600. The average molecular weight is 378 g/mol. The number of nitrogens with zero attached hydrogens (tertiary/aromatic N) is 2. The van der Waals surface area contributed by atoms with E-state index in [-0.39, 0.29) is 11.9 Å². The van der Waals surface area contributed by atoms with E-state index in [1.807, 2.05) is 32.0 Å². The summed E-state index contributed by atoms with van der Waals surface area (Å²) in [5, 5.41) is 3.66. The maximum Gasteiger partial charge on any atom is 0.241 e. The van der Waals surface area contributed by atoms with Gasteiger partial charge in [0.25, 0.3) is 0 Å². The first-order valence-electron chi connectivity index (χ1n) is 9.57. The molecule has 142 valence electrons. The molecule has 1 atom stereocenters. The Hall–Kier alpha value is -1.59. The van der Waals surface area contributed by atoms with Crippen LogP contribution >= 0.6 is 11.6 Å². The number of piperidine rings is 2. The smallest absolute Gasteiger partial charge is 0.241 e. The average Bonchev–Trinajstić information content (AvgIpc) is 2.65. The maximum absolute atomic E-state index is 12.7. The molecule has 2 heterocycles. The summed E-state index contributed by atoms with van der Waals surface area (Å²) >= 11 is 6.13. The molecule has 1 unspecified atom stereocenters. The molecule has 0 spiro atoms. The maximum atomic E-state index is 12.7. The van der Waals surface area contributed by atoms with Crippen molar-refractivity contribution in [2.45, 2.75) is 58.0 Å². The number of hydrogen-bond acceptors (Lipinski definition) is 3. The van der Waals surface area contributed by atoms with Crippen LogP contribution in [0.1, 0.15) is 44.6 Å². The summed E-state index contributed by atoms with van der Waals surface area (Å²) in [5.74, 6) is 0.291. The van der Waals surface area contributed by atoms with Gasteiger partial charge in [0, 0.05) is 42.8 Å². The minimum atomic E-state index is -0.202. The molecule has 2 aliphatic rings. The monoisotopic (exact) mass is 377 g/mol. The molecule has 5 nitrogen and oxygen atoms in total. The molecule has 2 amide bonds. The number of halogens is 1. The molecule has 2 fully saturated rings. The van der Waals surface area contributed by atoms with Gasteiger partial charge in [-0.3, -0.25) is 14.5 Å². The highest BCUT2D eigenvalue weighted by molar-refractivity contribution is 6.31. The largest absolute Gasteiger partial charge is 0.340 e. The second kappa shape index (κ2) is 8.40. The fourth-order valence-corrected chi connectivity index (χ4v) is 4.12.